The van der Waals surface area contributed by atoms with Crippen molar-refractivity contribution >= 4 is 23.6 Å². The highest BCUT2D eigenvalue weighted by atomic mass is 16.2. The highest BCUT2D eigenvalue weighted by Gasteiger charge is 2.55. The van der Waals surface area contributed by atoms with Crippen molar-refractivity contribution in [2.75, 3.05) is 14.1 Å². The first kappa shape index (κ1) is 20.5. The van der Waals surface area contributed by atoms with Gasteiger partial charge in [-0.2, -0.15) is 0 Å². The van der Waals surface area contributed by atoms with E-state index in [-0.39, 0.29) is 17.9 Å². The zero-order chi connectivity index (χ0) is 21.7. The number of hydrogen-bond donors (Lipinski definition) is 0. The van der Waals surface area contributed by atoms with Crippen molar-refractivity contribution in [3.63, 3.8) is 0 Å². The number of allylic oxidation sites excluding steroid dienone is 4. The summed E-state index contributed by atoms with van der Waals surface area (Å²) in [5.41, 5.74) is 1.89. The summed E-state index contributed by atoms with van der Waals surface area (Å²) < 4.78 is 0. The lowest BCUT2D eigenvalue weighted by Crippen LogP contribution is -2.58. The van der Waals surface area contributed by atoms with Gasteiger partial charge in [0.25, 0.3) is 23.6 Å². The summed E-state index contributed by atoms with van der Waals surface area (Å²) in [5.74, 6) is -2.53. The number of imide groups is 2. The van der Waals surface area contributed by atoms with E-state index in [4.69, 9.17) is 0 Å². The molecule has 0 spiro atoms. The van der Waals surface area contributed by atoms with E-state index in [1.807, 2.05) is 13.8 Å². The SMILES string of the molecule is CCCC(CCC)N1C(=O)C2=CC=C3C(=O)N(N(C)C)C(=O)C4=CC=C(C1=O)C2C34. The Kier molecular flexibility index (Phi) is 5.10. The molecule has 158 valence electrons. The van der Waals surface area contributed by atoms with E-state index in [0.717, 1.165) is 30.7 Å². The molecule has 0 aromatic rings. The van der Waals surface area contributed by atoms with Gasteiger partial charge in [-0.25, -0.2) is 10.0 Å². The van der Waals surface area contributed by atoms with Crippen LogP contribution in [0.15, 0.2) is 46.6 Å². The van der Waals surface area contributed by atoms with Crippen molar-refractivity contribution in [2.45, 2.75) is 45.6 Å². The summed E-state index contributed by atoms with van der Waals surface area (Å²) in [7, 11) is 3.27. The summed E-state index contributed by atoms with van der Waals surface area (Å²) >= 11 is 0. The van der Waals surface area contributed by atoms with Crippen LogP contribution in [0.1, 0.15) is 39.5 Å². The van der Waals surface area contributed by atoms with E-state index in [9.17, 15) is 19.2 Å². The van der Waals surface area contributed by atoms with E-state index < -0.39 is 23.7 Å². The molecule has 4 rings (SSSR count). The summed E-state index contributed by atoms with van der Waals surface area (Å²) in [6.45, 7) is 4.09. The quantitative estimate of drug-likeness (QED) is 0.628. The second-order valence-electron chi connectivity index (χ2n) is 8.42. The van der Waals surface area contributed by atoms with Crippen molar-refractivity contribution in [3.05, 3.63) is 46.6 Å². The van der Waals surface area contributed by atoms with E-state index in [0.29, 0.717) is 22.3 Å². The maximum absolute atomic E-state index is 13.4. The van der Waals surface area contributed by atoms with E-state index >= 15 is 0 Å². The van der Waals surface area contributed by atoms with Crippen LogP contribution in [0.5, 0.6) is 0 Å². The van der Waals surface area contributed by atoms with Gasteiger partial charge in [-0.05, 0) is 12.8 Å². The van der Waals surface area contributed by atoms with Crippen LogP contribution in [-0.4, -0.2) is 58.7 Å². The topological polar surface area (TPSA) is 78.0 Å². The Balaban J connectivity index is 1.84. The van der Waals surface area contributed by atoms with Crippen LogP contribution in [0.2, 0.25) is 0 Å². The molecule has 2 saturated heterocycles. The average molecular weight is 409 g/mol. The van der Waals surface area contributed by atoms with Gasteiger partial charge in [0.15, 0.2) is 0 Å². The molecule has 4 aliphatic rings. The molecule has 2 fully saturated rings. The fourth-order valence-corrected chi connectivity index (χ4v) is 5.12. The summed E-state index contributed by atoms with van der Waals surface area (Å²) in [4.78, 5) is 54.3. The molecule has 4 amide bonds. The van der Waals surface area contributed by atoms with Crippen LogP contribution in [0, 0.1) is 11.8 Å². The number of carbonyl (C=O) groups is 4. The number of likely N-dealkylation sites (tertiary alicyclic amines) is 1. The third kappa shape index (κ3) is 2.75. The summed E-state index contributed by atoms with van der Waals surface area (Å²) in [5, 5.41) is 2.56. The van der Waals surface area contributed by atoms with Gasteiger partial charge < -0.3 is 0 Å². The highest BCUT2D eigenvalue weighted by Crippen LogP contribution is 2.50. The number of nitrogens with zero attached hydrogens (tertiary/aromatic N) is 3. The van der Waals surface area contributed by atoms with E-state index in [1.165, 1.54) is 9.91 Å². The number of hydrazine groups is 1. The third-order valence-electron chi connectivity index (χ3n) is 6.38. The lowest BCUT2D eigenvalue weighted by atomic mass is 9.63. The third-order valence-corrected chi connectivity index (χ3v) is 6.38. The van der Waals surface area contributed by atoms with Gasteiger partial charge in [0.1, 0.15) is 0 Å². The Morgan fingerprint density at radius 1 is 0.733 bits per heavy atom. The minimum absolute atomic E-state index is 0.141. The van der Waals surface area contributed by atoms with Crippen LogP contribution in [0.25, 0.3) is 0 Å². The molecule has 30 heavy (non-hydrogen) atoms. The zero-order valence-corrected chi connectivity index (χ0v) is 17.8. The van der Waals surface area contributed by atoms with Crippen LogP contribution in [-0.2, 0) is 19.2 Å². The molecule has 7 heteroatoms. The summed E-state index contributed by atoms with van der Waals surface area (Å²) in [6, 6.07) is -0.141. The smallest absolute Gasteiger partial charge is 0.272 e. The van der Waals surface area contributed by atoms with Crippen molar-refractivity contribution in [3.8, 4) is 0 Å². The van der Waals surface area contributed by atoms with Crippen molar-refractivity contribution in [2.24, 2.45) is 11.8 Å². The van der Waals surface area contributed by atoms with Gasteiger partial charge in [0.05, 0.1) is 0 Å². The summed E-state index contributed by atoms with van der Waals surface area (Å²) in [6.07, 6.45) is 9.93. The minimum Gasteiger partial charge on any atom is -0.272 e. The molecule has 0 aromatic carbocycles. The predicted octanol–water partition coefficient (Wildman–Crippen LogP) is 2.13. The standard InChI is InChI=1S/C23H27N3O4/c1-5-7-13(8-6-2)25-20(27)14-9-11-16-19-17(12-10-15(18(14)19)21(25)28)23(30)26(22(16)29)24(3)4/h9-13,18-19H,5-8H2,1-4H3. The zero-order valence-electron chi connectivity index (χ0n) is 17.8. The van der Waals surface area contributed by atoms with Crippen LogP contribution in [0.4, 0.5) is 0 Å². The molecule has 0 unspecified atom stereocenters. The lowest BCUT2D eigenvalue weighted by Gasteiger charge is -2.47. The first-order chi connectivity index (χ1) is 14.3. The van der Waals surface area contributed by atoms with Gasteiger partial charge in [-0.1, -0.05) is 51.0 Å². The Morgan fingerprint density at radius 2 is 1.10 bits per heavy atom. The van der Waals surface area contributed by atoms with E-state index in [1.54, 1.807) is 38.4 Å². The maximum atomic E-state index is 13.4. The molecule has 7 nitrogen and oxygen atoms in total. The second kappa shape index (κ2) is 7.47. The van der Waals surface area contributed by atoms with Crippen LogP contribution < -0.4 is 0 Å². The second-order valence-corrected chi connectivity index (χ2v) is 8.42. The Morgan fingerprint density at radius 3 is 1.43 bits per heavy atom. The number of hydrogen-bond acceptors (Lipinski definition) is 5. The molecule has 2 aliphatic heterocycles. The largest absolute Gasteiger partial charge is 0.272 e. The first-order valence-corrected chi connectivity index (χ1v) is 10.6. The van der Waals surface area contributed by atoms with Crippen molar-refractivity contribution in [1.82, 2.24) is 14.9 Å². The lowest BCUT2D eigenvalue weighted by molar-refractivity contribution is -0.158. The Bertz CT molecular complexity index is 899. The van der Waals surface area contributed by atoms with Gasteiger partial charge in [-0.3, -0.25) is 24.1 Å². The molecular weight excluding hydrogens is 382 g/mol. The number of piperidine rings is 2. The molecule has 0 bridgehead atoms. The molecule has 0 radical (unpaired) electrons. The molecule has 2 aliphatic carbocycles. The van der Waals surface area contributed by atoms with Crippen LogP contribution >= 0.6 is 0 Å². The average Bonchev–Trinajstić information content (AvgIpc) is 2.70. The monoisotopic (exact) mass is 409 g/mol. The highest BCUT2D eigenvalue weighted by molar-refractivity contribution is 6.20. The molecular formula is C23H27N3O4. The molecule has 0 atom stereocenters. The number of carbonyl (C=O) groups excluding carboxylic acids is 4. The number of amides is 4. The van der Waals surface area contributed by atoms with Gasteiger partial charge in [0.2, 0.25) is 0 Å². The van der Waals surface area contributed by atoms with Crippen molar-refractivity contribution < 1.29 is 19.2 Å². The molecule has 0 aromatic heterocycles. The molecule has 0 N–H and O–H groups in total. The van der Waals surface area contributed by atoms with Gasteiger partial charge >= 0.3 is 0 Å². The maximum Gasteiger partial charge on any atom is 0.272 e. The van der Waals surface area contributed by atoms with Gasteiger partial charge in [-0.15, -0.1) is 0 Å². The van der Waals surface area contributed by atoms with Gasteiger partial charge in [0, 0.05) is 54.3 Å². The minimum atomic E-state index is -0.577. The normalized spacial score (nSPS) is 25.4. The predicted molar refractivity (Wildman–Crippen MR) is 110 cm³/mol. The Labute approximate surface area is 176 Å². The Hall–Kier alpha value is -2.80. The van der Waals surface area contributed by atoms with Crippen LogP contribution in [0.3, 0.4) is 0 Å². The molecule has 2 heterocycles. The fraction of sp³-hybridized carbons (Fsp3) is 0.478. The number of rotatable bonds is 6. The first-order valence-electron chi connectivity index (χ1n) is 10.6. The fourth-order valence-electron chi connectivity index (χ4n) is 5.12. The van der Waals surface area contributed by atoms with E-state index in [2.05, 4.69) is 0 Å². The molecule has 0 saturated carbocycles. The van der Waals surface area contributed by atoms with Crippen molar-refractivity contribution in [1.29, 1.82) is 0 Å².